The molecule has 0 aliphatic carbocycles. The highest BCUT2D eigenvalue weighted by atomic mass is 16.6. The monoisotopic (exact) mass is 307 g/mol. The van der Waals surface area contributed by atoms with Gasteiger partial charge in [-0.25, -0.2) is 4.63 Å². The second kappa shape index (κ2) is 5.02. The summed E-state index contributed by atoms with van der Waals surface area (Å²) in [6.07, 6.45) is 1.70. The SMILES string of the molecule is O=[N+]([O-])c1ccc(Nc2cccc3cccnc23)c2nonc12. The van der Waals surface area contributed by atoms with Gasteiger partial charge in [-0.3, -0.25) is 15.1 Å². The van der Waals surface area contributed by atoms with E-state index in [1.807, 2.05) is 30.3 Å². The highest BCUT2D eigenvalue weighted by molar-refractivity contribution is 5.98. The van der Waals surface area contributed by atoms with Crippen molar-refractivity contribution in [1.29, 1.82) is 0 Å². The van der Waals surface area contributed by atoms with E-state index in [2.05, 4.69) is 25.2 Å². The fraction of sp³-hybridized carbons (Fsp3) is 0. The molecule has 0 aliphatic rings. The number of benzene rings is 2. The van der Waals surface area contributed by atoms with Gasteiger partial charge in [0.2, 0.25) is 5.52 Å². The van der Waals surface area contributed by atoms with Gasteiger partial charge >= 0.3 is 5.69 Å². The molecule has 2 aromatic carbocycles. The Morgan fingerprint density at radius 1 is 0.957 bits per heavy atom. The number of rotatable bonds is 3. The summed E-state index contributed by atoms with van der Waals surface area (Å²) >= 11 is 0. The van der Waals surface area contributed by atoms with E-state index in [1.165, 1.54) is 6.07 Å². The summed E-state index contributed by atoms with van der Waals surface area (Å²) < 4.78 is 4.66. The average Bonchev–Trinajstić information content (AvgIpc) is 3.05. The van der Waals surface area contributed by atoms with Crippen LogP contribution in [-0.2, 0) is 0 Å². The predicted molar refractivity (Wildman–Crippen MR) is 83.5 cm³/mol. The molecule has 0 fully saturated rings. The maximum Gasteiger partial charge on any atom is 0.300 e. The molecule has 4 aromatic rings. The molecule has 8 heteroatoms. The lowest BCUT2D eigenvalue weighted by atomic mass is 10.1. The molecule has 2 heterocycles. The smallest absolute Gasteiger partial charge is 0.300 e. The Hall–Kier alpha value is -3.55. The maximum absolute atomic E-state index is 11.0. The van der Waals surface area contributed by atoms with Gasteiger partial charge in [-0.15, -0.1) is 0 Å². The van der Waals surface area contributed by atoms with Crippen LogP contribution >= 0.6 is 0 Å². The lowest BCUT2D eigenvalue weighted by Crippen LogP contribution is -1.96. The molecule has 0 bridgehead atoms. The summed E-state index contributed by atoms with van der Waals surface area (Å²) in [6, 6.07) is 12.5. The van der Waals surface area contributed by atoms with Gasteiger partial charge in [0.25, 0.3) is 0 Å². The summed E-state index contributed by atoms with van der Waals surface area (Å²) in [5.74, 6) is 0. The van der Waals surface area contributed by atoms with E-state index < -0.39 is 4.92 Å². The zero-order valence-corrected chi connectivity index (χ0v) is 11.6. The molecule has 2 aromatic heterocycles. The van der Waals surface area contributed by atoms with Crippen LogP contribution in [0.5, 0.6) is 0 Å². The lowest BCUT2D eigenvalue weighted by molar-refractivity contribution is -0.383. The van der Waals surface area contributed by atoms with E-state index in [1.54, 1.807) is 12.3 Å². The summed E-state index contributed by atoms with van der Waals surface area (Å²) in [6.45, 7) is 0. The first-order valence-electron chi connectivity index (χ1n) is 6.74. The van der Waals surface area contributed by atoms with Gasteiger partial charge in [0.05, 0.1) is 21.8 Å². The number of hydrogen-bond donors (Lipinski definition) is 1. The number of non-ortho nitro benzene ring substituents is 1. The second-order valence-corrected chi connectivity index (χ2v) is 4.86. The van der Waals surface area contributed by atoms with E-state index in [0.717, 1.165) is 16.6 Å². The van der Waals surface area contributed by atoms with E-state index in [9.17, 15) is 10.1 Å². The first-order chi connectivity index (χ1) is 11.2. The maximum atomic E-state index is 11.0. The Balaban J connectivity index is 1.86. The topological polar surface area (TPSA) is 107 Å². The highest BCUT2D eigenvalue weighted by Gasteiger charge is 2.19. The molecule has 1 N–H and O–H groups in total. The third kappa shape index (κ3) is 2.13. The molecule has 0 spiro atoms. The molecule has 8 nitrogen and oxygen atoms in total. The van der Waals surface area contributed by atoms with Crippen molar-refractivity contribution in [3.05, 3.63) is 58.8 Å². The molecular weight excluding hydrogens is 298 g/mol. The van der Waals surface area contributed by atoms with Crippen molar-refractivity contribution in [1.82, 2.24) is 15.3 Å². The third-order valence-corrected chi connectivity index (χ3v) is 3.49. The Bertz CT molecular complexity index is 1040. The predicted octanol–water partition coefficient (Wildman–Crippen LogP) is 3.42. The van der Waals surface area contributed by atoms with Crippen LogP contribution in [-0.4, -0.2) is 20.2 Å². The Labute approximate surface area is 128 Å². The van der Waals surface area contributed by atoms with Gasteiger partial charge < -0.3 is 5.32 Å². The van der Waals surface area contributed by atoms with Gasteiger partial charge in [-0.1, -0.05) is 18.2 Å². The minimum Gasteiger partial charge on any atom is -0.352 e. The van der Waals surface area contributed by atoms with E-state index in [4.69, 9.17) is 0 Å². The highest BCUT2D eigenvalue weighted by Crippen LogP contribution is 2.32. The van der Waals surface area contributed by atoms with Crippen molar-refractivity contribution >= 4 is 39.0 Å². The Morgan fingerprint density at radius 3 is 2.61 bits per heavy atom. The van der Waals surface area contributed by atoms with Crippen molar-refractivity contribution in [3.63, 3.8) is 0 Å². The summed E-state index contributed by atoms with van der Waals surface area (Å²) in [7, 11) is 0. The molecule has 0 aliphatic heterocycles. The third-order valence-electron chi connectivity index (χ3n) is 3.49. The number of aromatic nitrogens is 3. The van der Waals surface area contributed by atoms with Crippen molar-refractivity contribution in [3.8, 4) is 0 Å². The number of nitrogens with zero attached hydrogens (tertiary/aromatic N) is 4. The molecule has 0 unspecified atom stereocenters. The molecule has 0 radical (unpaired) electrons. The number of hydrogen-bond acceptors (Lipinski definition) is 7. The Morgan fingerprint density at radius 2 is 1.74 bits per heavy atom. The quantitative estimate of drug-likeness (QED) is 0.456. The number of anilines is 2. The van der Waals surface area contributed by atoms with Crippen LogP contribution < -0.4 is 5.32 Å². The van der Waals surface area contributed by atoms with Gasteiger partial charge in [0.1, 0.15) is 0 Å². The minimum atomic E-state index is -0.518. The van der Waals surface area contributed by atoms with Gasteiger partial charge in [0, 0.05) is 17.6 Å². The lowest BCUT2D eigenvalue weighted by Gasteiger charge is -2.09. The molecule has 0 saturated heterocycles. The zero-order valence-electron chi connectivity index (χ0n) is 11.6. The minimum absolute atomic E-state index is 0.105. The summed E-state index contributed by atoms with van der Waals surface area (Å²) in [5, 5.41) is 22.6. The van der Waals surface area contributed by atoms with Gasteiger partial charge in [-0.05, 0) is 28.5 Å². The van der Waals surface area contributed by atoms with E-state index in [0.29, 0.717) is 11.2 Å². The standard InChI is InChI=1S/C15H9N5O3/c21-20(22)12-7-6-11(14-15(12)19-23-18-14)17-10-5-1-3-9-4-2-8-16-13(9)10/h1-8,17H. The number of nitrogens with one attached hydrogen (secondary N) is 1. The van der Waals surface area contributed by atoms with Gasteiger partial charge in [0.15, 0.2) is 5.52 Å². The molecule has 4 rings (SSSR count). The normalized spacial score (nSPS) is 11.0. The number of para-hydroxylation sites is 1. The first-order valence-corrected chi connectivity index (χ1v) is 6.74. The molecule has 23 heavy (non-hydrogen) atoms. The van der Waals surface area contributed by atoms with Gasteiger partial charge in [-0.2, -0.15) is 0 Å². The molecule has 0 atom stereocenters. The number of fused-ring (bicyclic) bond motifs is 2. The van der Waals surface area contributed by atoms with Crippen LogP contribution in [0, 0.1) is 10.1 Å². The number of nitro benzene ring substituents is 1. The van der Waals surface area contributed by atoms with Crippen LogP contribution in [0.15, 0.2) is 53.3 Å². The van der Waals surface area contributed by atoms with Crippen molar-refractivity contribution in [2.45, 2.75) is 0 Å². The van der Waals surface area contributed by atoms with Crippen LogP contribution in [0.1, 0.15) is 0 Å². The second-order valence-electron chi connectivity index (χ2n) is 4.86. The number of nitro groups is 1. The Kier molecular flexibility index (Phi) is 2.87. The van der Waals surface area contributed by atoms with Crippen LogP contribution in [0.25, 0.3) is 21.9 Å². The van der Waals surface area contributed by atoms with E-state index in [-0.39, 0.29) is 11.2 Å². The molecule has 112 valence electrons. The van der Waals surface area contributed by atoms with Crippen molar-refractivity contribution < 1.29 is 9.55 Å². The fourth-order valence-corrected chi connectivity index (χ4v) is 2.45. The fourth-order valence-electron chi connectivity index (χ4n) is 2.45. The largest absolute Gasteiger partial charge is 0.352 e. The van der Waals surface area contributed by atoms with Crippen molar-refractivity contribution in [2.75, 3.05) is 5.32 Å². The van der Waals surface area contributed by atoms with Crippen LogP contribution in [0.3, 0.4) is 0 Å². The zero-order chi connectivity index (χ0) is 15.8. The molecule has 0 saturated carbocycles. The summed E-state index contributed by atoms with van der Waals surface area (Å²) in [4.78, 5) is 14.9. The van der Waals surface area contributed by atoms with Crippen LogP contribution in [0.2, 0.25) is 0 Å². The number of pyridine rings is 1. The first kappa shape index (κ1) is 13.1. The van der Waals surface area contributed by atoms with Crippen LogP contribution in [0.4, 0.5) is 17.1 Å². The summed E-state index contributed by atoms with van der Waals surface area (Å²) in [5.41, 5.74) is 2.37. The van der Waals surface area contributed by atoms with Crippen molar-refractivity contribution in [2.24, 2.45) is 0 Å². The average molecular weight is 307 g/mol. The molecular formula is C15H9N5O3. The molecule has 0 amide bonds. The van der Waals surface area contributed by atoms with E-state index >= 15 is 0 Å².